The van der Waals surface area contributed by atoms with Crippen molar-refractivity contribution in [3.8, 4) is 17.6 Å². The molecular formula is C14H18BrNO3. The maximum Gasteiger partial charge on any atom is 0.174 e. The lowest BCUT2D eigenvalue weighted by atomic mass is 9.92. The Bertz CT molecular complexity index is 470. The second-order valence-electron chi connectivity index (χ2n) is 4.20. The van der Waals surface area contributed by atoms with Crippen molar-refractivity contribution in [1.29, 1.82) is 5.26 Å². The molecule has 0 aliphatic carbocycles. The molecule has 2 unspecified atom stereocenters. The Kier molecular flexibility index (Phi) is 6.13. The molecule has 2 atom stereocenters. The predicted molar refractivity (Wildman–Crippen MR) is 76.5 cm³/mol. The summed E-state index contributed by atoms with van der Waals surface area (Å²) in [5.74, 6) is 0.541. The molecule has 0 saturated carbocycles. The van der Waals surface area contributed by atoms with Crippen molar-refractivity contribution in [2.75, 3.05) is 14.2 Å². The van der Waals surface area contributed by atoms with Gasteiger partial charge in [0.15, 0.2) is 11.5 Å². The third-order valence-electron chi connectivity index (χ3n) is 2.92. The van der Waals surface area contributed by atoms with Gasteiger partial charge in [-0.05, 0) is 40.0 Å². The average molecular weight is 328 g/mol. The summed E-state index contributed by atoms with van der Waals surface area (Å²) in [7, 11) is 3.09. The molecule has 0 fully saturated rings. The highest BCUT2D eigenvalue weighted by atomic mass is 79.9. The van der Waals surface area contributed by atoms with E-state index in [1.807, 2.05) is 6.92 Å². The normalized spacial score (nSPS) is 13.5. The summed E-state index contributed by atoms with van der Waals surface area (Å²) in [5.41, 5.74) is 0.716. The molecule has 0 radical (unpaired) electrons. The Morgan fingerprint density at radius 2 is 2.05 bits per heavy atom. The molecule has 0 heterocycles. The standard InChI is InChI=1S/C14H18BrNO3/c1-4-5-12(17)10(8-16)9-6-11(15)14(19-3)13(7-9)18-2/h6-7,10,12,17H,4-5H2,1-3H3. The zero-order valence-corrected chi connectivity index (χ0v) is 12.9. The lowest BCUT2D eigenvalue weighted by molar-refractivity contribution is 0.150. The largest absolute Gasteiger partial charge is 0.493 e. The summed E-state index contributed by atoms with van der Waals surface area (Å²) in [6, 6.07) is 5.67. The number of halogens is 1. The molecule has 0 aliphatic heterocycles. The van der Waals surface area contributed by atoms with Crippen LogP contribution in [-0.4, -0.2) is 25.4 Å². The lowest BCUT2D eigenvalue weighted by Gasteiger charge is -2.18. The van der Waals surface area contributed by atoms with E-state index in [-0.39, 0.29) is 0 Å². The molecule has 4 nitrogen and oxygen atoms in total. The Hall–Kier alpha value is -1.25. The van der Waals surface area contributed by atoms with E-state index in [0.717, 1.165) is 6.42 Å². The minimum absolute atomic E-state index is 0.538. The summed E-state index contributed by atoms with van der Waals surface area (Å²) in [5, 5.41) is 19.3. The van der Waals surface area contributed by atoms with Gasteiger partial charge in [0.05, 0.1) is 36.8 Å². The first-order valence-electron chi connectivity index (χ1n) is 6.08. The summed E-state index contributed by atoms with van der Waals surface area (Å²) in [6.07, 6.45) is 0.734. The van der Waals surface area contributed by atoms with Gasteiger partial charge in [0.1, 0.15) is 0 Å². The zero-order chi connectivity index (χ0) is 14.4. The van der Waals surface area contributed by atoms with Crippen molar-refractivity contribution < 1.29 is 14.6 Å². The van der Waals surface area contributed by atoms with Crippen LogP contribution in [0.25, 0.3) is 0 Å². The van der Waals surface area contributed by atoms with Gasteiger partial charge < -0.3 is 14.6 Å². The Morgan fingerprint density at radius 3 is 2.53 bits per heavy atom. The van der Waals surface area contributed by atoms with Crippen molar-refractivity contribution in [3.05, 3.63) is 22.2 Å². The van der Waals surface area contributed by atoms with Crippen molar-refractivity contribution in [1.82, 2.24) is 0 Å². The smallest absolute Gasteiger partial charge is 0.174 e. The molecule has 0 spiro atoms. The molecule has 1 rings (SSSR count). The fourth-order valence-electron chi connectivity index (χ4n) is 1.96. The van der Waals surface area contributed by atoms with Crippen LogP contribution < -0.4 is 9.47 Å². The SMILES string of the molecule is CCCC(O)C(C#N)c1cc(Br)c(OC)c(OC)c1. The van der Waals surface area contributed by atoms with Gasteiger partial charge in [-0.15, -0.1) is 0 Å². The Labute approximate surface area is 122 Å². The highest BCUT2D eigenvalue weighted by Crippen LogP contribution is 2.39. The van der Waals surface area contributed by atoms with Gasteiger partial charge >= 0.3 is 0 Å². The van der Waals surface area contributed by atoms with Gasteiger partial charge in [-0.3, -0.25) is 0 Å². The first-order valence-corrected chi connectivity index (χ1v) is 6.87. The minimum Gasteiger partial charge on any atom is -0.493 e. The topological polar surface area (TPSA) is 62.5 Å². The van der Waals surface area contributed by atoms with Crippen LogP contribution >= 0.6 is 15.9 Å². The van der Waals surface area contributed by atoms with E-state index in [2.05, 4.69) is 22.0 Å². The number of hydrogen-bond donors (Lipinski definition) is 1. The summed E-state index contributed by atoms with van der Waals surface area (Å²) >= 11 is 3.39. The van der Waals surface area contributed by atoms with Gasteiger partial charge in [-0.1, -0.05) is 13.3 Å². The average Bonchev–Trinajstić information content (AvgIpc) is 2.39. The summed E-state index contributed by atoms with van der Waals surface area (Å²) in [4.78, 5) is 0. The van der Waals surface area contributed by atoms with E-state index < -0.39 is 12.0 Å². The van der Waals surface area contributed by atoms with E-state index in [0.29, 0.717) is 28.0 Å². The van der Waals surface area contributed by atoms with Crippen LogP contribution in [0.1, 0.15) is 31.2 Å². The molecule has 1 aromatic rings. The van der Waals surface area contributed by atoms with E-state index >= 15 is 0 Å². The number of aliphatic hydroxyl groups is 1. The molecule has 0 amide bonds. The van der Waals surface area contributed by atoms with Crippen LogP contribution in [0.3, 0.4) is 0 Å². The molecule has 0 aromatic heterocycles. The maximum atomic E-state index is 10.0. The van der Waals surface area contributed by atoms with Crippen LogP contribution in [0, 0.1) is 11.3 Å². The zero-order valence-electron chi connectivity index (χ0n) is 11.3. The van der Waals surface area contributed by atoms with Crippen LogP contribution in [0.4, 0.5) is 0 Å². The second-order valence-corrected chi connectivity index (χ2v) is 5.06. The number of benzene rings is 1. The van der Waals surface area contributed by atoms with Crippen molar-refractivity contribution in [2.24, 2.45) is 0 Å². The van der Waals surface area contributed by atoms with E-state index in [1.165, 1.54) is 7.11 Å². The van der Waals surface area contributed by atoms with Gasteiger partial charge in [0, 0.05) is 0 Å². The number of rotatable bonds is 6. The van der Waals surface area contributed by atoms with Crippen LogP contribution in [0.15, 0.2) is 16.6 Å². The molecule has 0 aliphatic rings. The van der Waals surface area contributed by atoms with Crippen molar-refractivity contribution in [2.45, 2.75) is 31.8 Å². The van der Waals surface area contributed by atoms with Gasteiger partial charge in [-0.2, -0.15) is 5.26 Å². The van der Waals surface area contributed by atoms with Crippen LogP contribution in [-0.2, 0) is 0 Å². The molecule has 0 bridgehead atoms. The third-order valence-corrected chi connectivity index (χ3v) is 3.51. The van der Waals surface area contributed by atoms with Crippen LogP contribution in [0.2, 0.25) is 0 Å². The minimum atomic E-state index is -0.681. The van der Waals surface area contributed by atoms with Gasteiger partial charge in [0.25, 0.3) is 0 Å². The number of nitriles is 1. The number of nitrogens with zero attached hydrogens (tertiary/aromatic N) is 1. The third kappa shape index (κ3) is 3.62. The quantitative estimate of drug-likeness (QED) is 0.871. The first-order chi connectivity index (χ1) is 9.08. The molecular weight excluding hydrogens is 310 g/mol. The highest BCUT2D eigenvalue weighted by Gasteiger charge is 2.23. The fraction of sp³-hybridized carbons (Fsp3) is 0.500. The number of ether oxygens (including phenoxy) is 2. The van der Waals surface area contributed by atoms with Gasteiger partial charge in [-0.25, -0.2) is 0 Å². The summed E-state index contributed by atoms with van der Waals surface area (Å²) in [6.45, 7) is 1.97. The van der Waals surface area contributed by atoms with E-state index in [1.54, 1.807) is 19.2 Å². The molecule has 1 N–H and O–H groups in total. The van der Waals surface area contributed by atoms with E-state index in [4.69, 9.17) is 9.47 Å². The summed E-state index contributed by atoms with van der Waals surface area (Å²) < 4.78 is 11.2. The monoisotopic (exact) mass is 327 g/mol. The Balaban J connectivity index is 3.19. The Morgan fingerprint density at radius 1 is 1.37 bits per heavy atom. The molecule has 19 heavy (non-hydrogen) atoms. The predicted octanol–water partition coefficient (Wildman–Crippen LogP) is 3.23. The second kappa shape index (κ2) is 7.37. The first kappa shape index (κ1) is 15.8. The van der Waals surface area contributed by atoms with Crippen LogP contribution in [0.5, 0.6) is 11.5 Å². The highest BCUT2D eigenvalue weighted by molar-refractivity contribution is 9.10. The molecule has 104 valence electrons. The molecule has 1 aromatic carbocycles. The lowest BCUT2D eigenvalue weighted by Crippen LogP contribution is -2.17. The number of aliphatic hydroxyl groups excluding tert-OH is 1. The number of hydrogen-bond acceptors (Lipinski definition) is 4. The van der Waals surface area contributed by atoms with E-state index in [9.17, 15) is 10.4 Å². The van der Waals surface area contributed by atoms with Gasteiger partial charge in [0.2, 0.25) is 0 Å². The maximum absolute atomic E-state index is 10.0. The molecule has 0 saturated heterocycles. The molecule has 5 heteroatoms. The number of methoxy groups -OCH3 is 2. The van der Waals surface area contributed by atoms with Crippen molar-refractivity contribution >= 4 is 15.9 Å². The fourth-order valence-corrected chi connectivity index (χ4v) is 2.58. The van der Waals surface area contributed by atoms with Crippen molar-refractivity contribution in [3.63, 3.8) is 0 Å².